The van der Waals surface area contributed by atoms with E-state index in [1.54, 1.807) is 0 Å². The van der Waals surface area contributed by atoms with Crippen LogP contribution in [-0.2, 0) is 11.5 Å². The number of hydrogen-bond donors (Lipinski definition) is 0. The van der Waals surface area contributed by atoms with E-state index < -0.39 is 8.07 Å². The van der Waals surface area contributed by atoms with E-state index in [2.05, 4.69) is 72.5 Å². The van der Waals surface area contributed by atoms with Gasteiger partial charge in [-0.1, -0.05) is 33.5 Å². The van der Waals surface area contributed by atoms with Gasteiger partial charge in [0.25, 0.3) is 0 Å². The van der Waals surface area contributed by atoms with Crippen LogP contribution in [0.25, 0.3) is 16.6 Å². The van der Waals surface area contributed by atoms with Crippen LogP contribution in [-0.4, -0.2) is 34.0 Å². The number of fused-ring (bicyclic) bond motifs is 1. The molecule has 0 saturated carbocycles. The van der Waals surface area contributed by atoms with Crippen molar-refractivity contribution < 1.29 is 4.74 Å². The number of ether oxygens (including phenoxy) is 1. The third kappa shape index (κ3) is 4.38. The maximum atomic E-state index is 5.80. The second-order valence-electron chi connectivity index (χ2n) is 8.07. The molecule has 5 nitrogen and oxygen atoms in total. The molecule has 0 unspecified atom stereocenters. The van der Waals surface area contributed by atoms with Gasteiger partial charge in [-0.3, -0.25) is 0 Å². The number of hydrogen-bond acceptors (Lipinski definition) is 3. The Morgan fingerprint density at radius 1 is 1.20 bits per heavy atom. The number of aromatic nitrogens is 4. The van der Waals surface area contributed by atoms with E-state index in [-0.39, 0.29) is 0 Å². The molecular formula is C19H28N4OSi. The fourth-order valence-electron chi connectivity index (χ4n) is 2.78. The van der Waals surface area contributed by atoms with Crippen LogP contribution in [0.1, 0.15) is 25.6 Å². The molecule has 0 saturated heterocycles. The summed E-state index contributed by atoms with van der Waals surface area (Å²) < 4.78 is 9.83. The second kappa shape index (κ2) is 7.13. The van der Waals surface area contributed by atoms with Crippen molar-refractivity contribution in [3.05, 3.63) is 42.6 Å². The SMILES string of the molecule is CC(C)c1nccn1-c1ccc2nn(COCC[Si](C)(C)C)cc2c1. The van der Waals surface area contributed by atoms with Gasteiger partial charge >= 0.3 is 0 Å². The standard InChI is InChI=1S/C19H28N4OSi/c1-15(2)19-20-8-9-23(19)17-6-7-18-16(12-17)13-22(21-18)14-24-10-11-25(3,4)5/h6-9,12-13,15H,10-11,14H2,1-5H3. The molecule has 2 aromatic heterocycles. The zero-order valence-corrected chi connectivity index (χ0v) is 16.9. The van der Waals surface area contributed by atoms with Gasteiger partial charge < -0.3 is 9.30 Å². The van der Waals surface area contributed by atoms with Crippen LogP contribution in [0.5, 0.6) is 0 Å². The summed E-state index contributed by atoms with van der Waals surface area (Å²) in [6, 6.07) is 7.50. The summed E-state index contributed by atoms with van der Waals surface area (Å²) in [5.74, 6) is 1.45. The predicted molar refractivity (Wildman–Crippen MR) is 105 cm³/mol. The maximum absolute atomic E-state index is 5.80. The molecule has 0 radical (unpaired) electrons. The molecule has 0 atom stereocenters. The molecule has 0 N–H and O–H groups in total. The van der Waals surface area contributed by atoms with Crippen molar-refractivity contribution in [3.8, 4) is 5.69 Å². The quantitative estimate of drug-likeness (QED) is 0.457. The number of benzene rings is 1. The van der Waals surface area contributed by atoms with Crippen molar-refractivity contribution in [2.24, 2.45) is 0 Å². The van der Waals surface area contributed by atoms with Gasteiger partial charge in [0.2, 0.25) is 0 Å². The summed E-state index contributed by atoms with van der Waals surface area (Å²) in [6.07, 6.45) is 5.93. The smallest absolute Gasteiger partial charge is 0.139 e. The van der Waals surface area contributed by atoms with E-state index in [9.17, 15) is 0 Å². The first-order chi connectivity index (χ1) is 11.8. The fourth-order valence-corrected chi connectivity index (χ4v) is 3.53. The highest BCUT2D eigenvalue weighted by molar-refractivity contribution is 6.76. The van der Waals surface area contributed by atoms with E-state index >= 15 is 0 Å². The Balaban J connectivity index is 1.74. The summed E-state index contributed by atoms with van der Waals surface area (Å²) in [4.78, 5) is 4.47. The van der Waals surface area contributed by atoms with E-state index in [1.807, 2.05) is 17.1 Å². The highest BCUT2D eigenvalue weighted by atomic mass is 28.3. The summed E-state index contributed by atoms with van der Waals surface area (Å²) in [7, 11) is -1.04. The van der Waals surface area contributed by atoms with Crippen molar-refractivity contribution in [1.29, 1.82) is 0 Å². The second-order valence-corrected chi connectivity index (χ2v) is 13.7. The molecule has 0 aliphatic carbocycles. The van der Waals surface area contributed by atoms with Gasteiger partial charge in [0, 0.05) is 50.3 Å². The lowest BCUT2D eigenvalue weighted by molar-refractivity contribution is 0.0791. The molecule has 0 aliphatic rings. The van der Waals surface area contributed by atoms with Crippen LogP contribution in [0.15, 0.2) is 36.8 Å². The van der Waals surface area contributed by atoms with Gasteiger partial charge in [-0.05, 0) is 24.2 Å². The lowest BCUT2D eigenvalue weighted by Crippen LogP contribution is -2.22. The summed E-state index contributed by atoms with van der Waals surface area (Å²) in [5, 5.41) is 5.72. The third-order valence-corrected chi connectivity index (χ3v) is 5.92. The Morgan fingerprint density at radius 3 is 2.72 bits per heavy atom. The third-order valence-electron chi connectivity index (χ3n) is 4.22. The average molecular weight is 357 g/mol. The first kappa shape index (κ1) is 17.9. The highest BCUT2D eigenvalue weighted by Gasteiger charge is 2.13. The number of rotatable bonds is 7. The molecule has 0 fully saturated rings. The Hall–Kier alpha value is -1.92. The Morgan fingerprint density at radius 2 is 2.00 bits per heavy atom. The van der Waals surface area contributed by atoms with Crippen molar-refractivity contribution in [3.63, 3.8) is 0 Å². The van der Waals surface area contributed by atoms with Gasteiger partial charge in [-0.15, -0.1) is 0 Å². The zero-order valence-electron chi connectivity index (χ0n) is 15.9. The molecule has 0 spiro atoms. The van der Waals surface area contributed by atoms with E-state index in [0.29, 0.717) is 12.6 Å². The van der Waals surface area contributed by atoms with E-state index in [1.165, 1.54) is 6.04 Å². The molecule has 3 aromatic rings. The Kier molecular flexibility index (Phi) is 5.10. The molecule has 0 aliphatic heterocycles. The van der Waals surface area contributed by atoms with Crippen LogP contribution < -0.4 is 0 Å². The summed E-state index contributed by atoms with van der Waals surface area (Å²) >= 11 is 0. The van der Waals surface area contributed by atoms with Crippen molar-refractivity contribution >= 4 is 19.0 Å². The Labute approximate surface area is 150 Å². The first-order valence-corrected chi connectivity index (χ1v) is 12.6. The average Bonchev–Trinajstić information content (AvgIpc) is 3.16. The van der Waals surface area contributed by atoms with Gasteiger partial charge in [0.15, 0.2) is 0 Å². The molecule has 134 valence electrons. The van der Waals surface area contributed by atoms with Crippen LogP contribution in [0.2, 0.25) is 25.7 Å². The van der Waals surface area contributed by atoms with Crippen molar-refractivity contribution in [1.82, 2.24) is 19.3 Å². The predicted octanol–water partition coefficient (Wildman–Crippen LogP) is 4.66. The van der Waals surface area contributed by atoms with Gasteiger partial charge in [-0.25, -0.2) is 9.67 Å². The van der Waals surface area contributed by atoms with Crippen LogP contribution in [0.3, 0.4) is 0 Å². The number of nitrogens with zero attached hydrogens (tertiary/aromatic N) is 4. The van der Waals surface area contributed by atoms with Crippen LogP contribution in [0, 0.1) is 0 Å². The largest absolute Gasteiger partial charge is 0.360 e. The van der Waals surface area contributed by atoms with E-state index in [4.69, 9.17) is 4.74 Å². The molecular weight excluding hydrogens is 328 g/mol. The summed E-state index contributed by atoms with van der Waals surface area (Å²) in [6.45, 7) is 12.7. The topological polar surface area (TPSA) is 44.9 Å². The molecule has 0 bridgehead atoms. The Bertz CT molecular complexity index is 845. The van der Waals surface area contributed by atoms with Gasteiger partial charge in [0.05, 0.1) is 5.52 Å². The number of imidazole rings is 1. The minimum absolute atomic E-state index is 0.383. The zero-order chi connectivity index (χ0) is 18.0. The molecule has 1 aromatic carbocycles. The van der Waals surface area contributed by atoms with E-state index in [0.717, 1.165) is 29.0 Å². The van der Waals surface area contributed by atoms with Crippen molar-refractivity contribution in [2.45, 2.75) is 52.2 Å². The maximum Gasteiger partial charge on any atom is 0.139 e. The van der Waals surface area contributed by atoms with Crippen molar-refractivity contribution in [2.75, 3.05) is 6.61 Å². The van der Waals surface area contributed by atoms with Crippen LogP contribution in [0.4, 0.5) is 0 Å². The molecule has 25 heavy (non-hydrogen) atoms. The normalized spacial score (nSPS) is 12.4. The highest BCUT2D eigenvalue weighted by Crippen LogP contribution is 2.21. The molecule has 2 heterocycles. The minimum atomic E-state index is -1.04. The lowest BCUT2D eigenvalue weighted by Gasteiger charge is -2.15. The summed E-state index contributed by atoms with van der Waals surface area (Å²) in [5.41, 5.74) is 2.11. The van der Waals surface area contributed by atoms with Gasteiger partial charge in [-0.2, -0.15) is 5.10 Å². The molecule has 3 rings (SSSR count). The fraction of sp³-hybridized carbons (Fsp3) is 0.474. The molecule has 6 heteroatoms. The monoisotopic (exact) mass is 356 g/mol. The van der Waals surface area contributed by atoms with Crippen LogP contribution >= 0.6 is 0 Å². The minimum Gasteiger partial charge on any atom is -0.360 e. The molecule has 0 amide bonds. The lowest BCUT2D eigenvalue weighted by atomic mass is 10.2. The first-order valence-electron chi connectivity index (χ1n) is 8.92. The van der Waals surface area contributed by atoms with Gasteiger partial charge in [0.1, 0.15) is 12.6 Å².